The molecule has 0 bridgehead atoms. The van der Waals surface area contributed by atoms with Crippen LogP contribution >= 0.6 is 0 Å². The maximum absolute atomic E-state index is 5.90. The van der Waals surface area contributed by atoms with Crippen LogP contribution in [0.3, 0.4) is 0 Å². The topological polar surface area (TPSA) is 64.3 Å². The van der Waals surface area contributed by atoms with Gasteiger partial charge >= 0.3 is 0 Å². The Labute approximate surface area is 146 Å². The van der Waals surface area contributed by atoms with E-state index in [1.54, 1.807) is 19.5 Å². The Bertz CT molecular complexity index is 834. The van der Waals surface area contributed by atoms with Gasteiger partial charge < -0.3 is 9.15 Å². The zero-order valence-corrected chi connectivity index (χ0v) is 14.1. The van der Waals surface area contributed by atoms with Crippen LogP contribution in [0.25, 0.3) is 11.5 Å². The molecule has 0 amide bonds. The molecule has 128 valence electrons. The molecule has 1 aliphatic rings. The van der Waals surface area contributed by atoms with Crippen LogP contribution in [0.5, 0.6) is 5.75 Å². The van der Waals surface area contributed by atoms with Gasteiger partial charge in [-0.2, -0.15) is 0 Å². The van der Waals surface area contributed by atoms with Gasteiger partial charge in [0.15, 0.2) is 0 Å². The van der Waals surface area contributed by atoms with Gasteiger partial charge in [0.1, 0.15) is 5.75 Å². The van der Waals surface area contributed by atoms with Crippen LogP contribution in [0.15, 0.2) is 53.2 Å². The molecule has 0 N–H and O–H groups in total. The molecule has 0 saturated carbocycles. The Morgan fingerprint density at radius 2 is 2.00 bits per heavy atom. The summed E-state index contributed by atoms with van der Waals surface area (Å²) in [6, 6.07) is 11.9. The van der Waals surface area contributed by atoms with Gasteiger partial charge in [-0.25, -0.2) is 0 Å². The quantitative estimate of drug-likeness (QED) is 0.713. The van der Waals surface area contributed by atoms with E-state index in [4.69, 9.17) is 9.15 Å². The van der Waals surface area contributed by atoms with Gasteiger partial charge in [-0.15, -0.1) is 10.2 Å². The monoisotopic (exact) mass is 336 g/mol. The largest absolute Gasteiger partial charge is 0.496 e. The minimum absolute atomic E-state index is 0.276. The van der Waals surface area contributed by atoms with Crippen molar-refractivity contribution in [1.82, 2.24) is 20.1 Å². The molecule has 3 aromatic rings. The van der Waals surface area contributed by atoms with E-state index < -0.39 is 0 Å². The third-order valence-corrected chi connectivity index (χ3v) is 4.58. The molecular formula is C19H20N4O2. The summed E-state index contributed by atoms with van der Waals surface area (Å²) >= 11 is 0. The molecular weight excluding hydrogens is 316 g/mol. The van der Waals surface area contributed by atoms with Gasteiger partial charge in [-0.3, -0.25) is 9.88 Å². The first-order chi connectivity index (χ1) is 12.3. The van der Waals surface area contributed by atoms with Crippen molar-refractivity contribution in [3.05, 3.63) is 60.2 Å². The summed E-state index contributed by atoms with van der Waals surface area (Å²) in [7, 11) is 1.71. The van der Waals surface area contributed by atoms with Gasteiger partial charge in [0.25, 0.3) is 0 Å². The lowest BCUT2D eigenvalue weighted by Crippen LogP contribution is -2.20. The number of benzene rings is 1. The van der Waals surface area contributed by atoms with Crippen molar-refractivity contribution in [2.24, 2.45) is 0 Å². The highest BCUT2D eigenvalue weighted by atomic mass is 16.5. The van der Waals surface area contributed by atoms with E-state index in [1.165, 1.54) is 5.56 Å². The molecule has 25 heavy (non-hydrogen) atoms. The molecule has 3 heterocycles. The Hall–Kier alpha value is -2.73. The molecule has 0 spiro atoms. The second kappa shape index (κ2) is 7.03. The molecule has 2 aromatic heterocycles. The lowest BCUT2D eigenvalue weighted by Gasteiger charge is -2.17. The van der Waals surface area contributed by atoms with Gasteiger partial charge in [-0.05, 0) is 31.2 Å². The minimum Gasteiger partial charge on any atom is -0.496 e. The molecule has 1 aliphatic heterocycles. The number of aromatic nitrogens is 3. The fourth-order valence-corrected chi connectivity index (χ4v) is 3.26. The predicted octanol–water partition coefficient (Wildman–Crippen LogP) is 3.13. The minimum atomic E-state index is 0.276. The summed E-state index contributed by atoms with van der Waals surface area (Å²) in [5.74, 6) is 2.48. The van der Waals surface area contributed by atoms with Crippen molar-refractivity contribution in [3.8, 4) is 17.2 Å². The third kappa shape index (κ3) is 3.39. The van der Waals surface area contributed by atoms with Crippen molar-refractivity contribution in [1.29, 1.82) is 0 Å². The van der Waals surface area contributed by atoms with Crippen LogP contribution < -0.4 is 4.74 Å². The summed E-state index contributed by atoms with van der Waals surface area (Å²) in [5, 5.41) is 8.45. The molecule has 4 rings (SSSR count). The molecule has 1 unspecified atom stereocenters. The van der Waals surface area contributed by atoms with E-state index in [9.17, 15) is 0 Å². The first-order valence-electron chi connectivity index (χ1n) is 8.41. The zero-order chi connectivity index (χ0) is 17.1. The van der Waals surface area contributed by atoms with Crippen LogP contribution in [0.4, 0.5) is 0 Å². The Morgan fingerprint density at radius 1 is 1.16 bits per heavy atom. The summed E-state index contributed by atoms with van der Waals surface area (Å²) in [4.78, 5) is 6.41. The lowest BCUT2D eigenvalue weighted by molar-refractivity contribution is 0.311. The first-order valence-corrected chi connectivity index (χ1v) is 8.41. The number of methoxy groups -OCH3 is 1. The van der Waals surface area contributed by atoms with Crippen molar-refractivity contribution >= 4 is 0 Å². The standard InChI is InChI=1S/C19H20N4O2/c1-24-17-5-3-2-4-15(17)12-23-11-8-16(13-23)19-22-21-18(25-19)14-6-9-20-10-7-14/h2-7,9-10,16H,8,11-13H2,1H3. The smallest absolute Gasteiger partial charge is 0.247 e. The summed E-state index contributed by atoms with van der Waals surface area (Å²) in [6.45, 7) is 2.79. The number of likely N-dealkylation sites (tertiary alicyclic amines) is 1. The van der Waals surface area contributed by atoms with E-state index >= 15 is 0 Å². The normalized spacial score (nSPS) is 17.7. The highest BCUT2D eigenvalue weighted by Gasteiger charge is 2.28. The van der Waals surface area contributed by atoms with Crippen LogP contribution in [-0.2, 0) is 6.54 Å². The average Bonchev–Trinajstić information content (AvgIpc) is 3.32. The van der Waals surface area contributed by atoms with Gasteiger partial charge in [0.05, 0.1) is 13.0 Å². The highest BCUT2D eigenvalue weighted by Crippen LogP contribution is 2.30. The second-order valence-electron chi connectivity index (χ2n) is 6.21. The van der Waals surface area contributed by atoms with E-state index in [0.29, 0.717) is 11.8 Å². The molecule has 1 aromatic carbocycles. The summed E-state index contributed by atoms with van der Waals surface area (Å²) < 4.78 is 11.3. The SMILES string of the molecule is COc1ccccc1CN1CCC(c2nnc(-c3ccncc3)o2)C1. The predicted molar refractivity (Wildman–Crippen MR) is 93.2 cm³/mol. The summed E-state index contributed by atoms with van der Waals surface area (Å²) in [6.07, 6.45) is 4.47. The number of rotatable bonds is 5. The molecule has 0 radical (unpaired) electrons. The average molecular weight is 336 g/mol. The van der Waals surface area contributed by atoms with Crippen molar-refractivity contribution in [2.75, 3.05) is 20.2 Å². The van der Waals surface area contributed by atoms with Crippen LogP contribution in [0.2, 0.25) is 0 Å². The zero-order valence-electron chi connectivity index (χ0n) is 14.1. The molecule has 0 aliphatic carbocycles. The molecule has 1 atom stereocenters. The molecule has 1 saturated heterocycles. The number of pyridine rings is 1. The number of nitrogens with zero attached hydrogens (tertiary/aromatic N) is 4. The van der Waals surface area contributed by atoms with Gasteiger partial charge in [0, 0.05) is 36.6 Å². The fraction of sp³-hybridized carbons (Fsp3) is 0.316. The second-order valence-corrected chi connectivity index (χ2v) is 6.21. The van der Waals surface area contributed by atoms with Crippen LogP contribution in [0.1, 0.15) is 23.8 Å². The van der Waals surface area contributed by atoms with E-state index in [1.807, 2.05) is 30.3 Å². The Kier molecular flexibility index (Phi) is 4.43. The van der Waals surface area contributed by atoms with E-state index in [0.717, 1.165) is 37.4 Å². The summed E-state index contributed by atoms with van der Waals surface area (Å²) in [5.41, 5.74) is 2.10. The maximum Gasteiger partial charge on any atom is 0.247 e. The number of ether oxygens (including phenoxy) is 1. The maximum atomic E-state index is 5.90. The Morgan fingerprint density at radius 3 is 2.84 bits per heavy atom. The van der Waals surface area contributed by atoms with E-state index in [-0.39, 0.29) is 5.92 Å². The molecule has 6 nitrogen and oxygen atoms in total. The van der Waals surface area contributed by atoms with Crippen molar-refractivity contribution in [3.63, 3.8) is 0 Å². The van der Waals surface area contributed by atoms with Gasteiger partial charge in [0.2, 0.25) is 11.8 Å². The van der Waals surface area contributed by atoms with E-state index in [2.05, 4.69) is 26.1 Å². The van der Waals surface area contributed by atoms with Crippen LogP contribution in [0, 0.1) is 0 Å². The number of para-hydroxylation sites is 1. The number of hydrogen-bond acceptors (Lipinski definition) is 6. The number of hydrogen-bond donors (Lipinski definition) is 0. The first kappa shape index (κ1) is 15.8. The van der Waals surface area contributed by atoms with Crippen molar-refractivity contribution in [2.45, 2.75) is 18.9 Å². The van der Waals surface area contributed by atoms with Crippen molar-refractivity contribution < 1.29 is 9.15 Å². The fourth-order valence-electron chi connectivity index (χ4n) is 3.26. The lowest BCUT2D eigenvalue weighted by atomic mass is 10.1. The van der Waals surface area contributed by atoms with Crippen LogP contribution in [-0.4, -0.2) is 40.3 Å². The van der Waals surface area contributed by atoms with Gasteiger partial charge in [-0.1, -0.05) is 18.2 Å². The molecule has 1 fully saturated rings. The third-order valence-electron chi connectivity index (χ3n) is 4.58. The highest BCUT2D eigenvalue weighted by molar-refractivity contribution is 5.50. The molecule has 6 heteroatoms. The Balaban J connectivity index is 1.43.